The van der Waals surface area contributed by atoms with Crippen LogP contribution < -0.4 is 0 Å². The number of aromatic nitrogens is 1. The third-order valence-corrected chi connectivity index (χ3v) is 5.44. The summed E-state index contributed by atoms with van der Waals surface area (Å²) in [6.07, 6.45) is -4.20. The van der Waals surface area contributed by atoms with Gasteiger partial charge in [-0.3, -0.25) is 0 Å². The first-order valence-electron chi connectivity index (χ1n) is 6.89. The van der Waals surface area contributed by atoms with Crippen molar-refractivity contribution in [3.63, 3.8) is 0 Å². The second kappa shape index (κ2) is 7.81. The molecule has 2 aromatic rings. The second-order valence-electron chi connectivity index (χ2n) is 4.97. The number of carbonyl (C=O) groups excluding carboxylic acids is 1. The number of pyridine rings is 1. The van der Waals surface area contributed by atoms with Gasteiger partial charge in [-0.1, -0.05) is 23.2 Å². The van der Waals surface area contributed by atoms with Crippen LogP contribution in [0.15, 0.2) is 41.6 Å². The molecule has 2 rings (SSSR count). The summed E-state index contributed by atoms with van der Waals surface area (Å²) in [4.78, 5) is 15.1. The van der Waals surface area contributed by atoms with Crippen molar-refractivity contribution >= 4 is 39.0 Å². The number of hydrogen-bond acceptors (Lipinski definition) is 5. The molecule has 0 fully saturated rings. The molecule has 26 heavy (non-hydrogen) atoms. The summed E-state index contributed by atoms with van der Waals surface area (Å²) in [7, 11) is -4.02. The van der Waals surface area contributed by atoms with E-state index in [1.54, 1.807) is 0 Å². The van der Waals surface area contributed by atoms with Crippen LogP contribution in [-0.4, -0.2) is 31.7 Å². The Balaban J connectivity index is 1.99. The molecular weight excluding hydrogens is 418 g/mol. The minimum absolute atomic E-state index is 0.0736. The van der Waals surface area contributed by atoms with Crippen LogP contribution in [0.1, 0.15) is 15.9 Å². The predicted molar refractivity (Wildman–Crippen MR) is 88.0 cm³/mol. The number of benzene rings is 1. The smallest absolute Gasteiger partial charge is 0.417 e. The van der Waals surface area contributed by atoms with Crippen molar-refractivity contribution in [1.82, 2.24) is 4.98 Å². The van der Waals surface area contributed by atoms with E-state index < -0.39 is 44.9 Å². The van der Waals surface area contributed by atoms with Crippen LogP contribution in [0.4, 0.5) is 13.2 Å². The predicted octanol–water partition coefficient (Wildman–Crippen LogP) is 4.04. The molecule has 1 aromatic carbocycles. The molecule has 140 valence electrons. The summed E-state index contributed by atoms with van der Waals surface area (Å²) >= 11 is 11.5. The molecule has 0 spiro atoms. The van der Waals surface area contributed by atoms with Gasteiger partial charge >= 0.3 is 12.1 Å². The molecule has 0 radical (unpaired) electrons. The maximum absolute atomic E-state index is 12.5. The maximum atomic E-state index is 12.5. The van der Waals surface area contributed by atoms with Gasteiger partial charge in [-0.15, -0.1) is 0 Å². The lowest BCUT2D eigenvalue weighted by Gasteiger charge is -2.08. The molecular formula is C15H10Cl2F3NO4S. The van der Waals surface area contributed by atoms with E-state index in [9.17, 15) is 26.4 Å². The Hall–Kier alpha value is -1.84. The van der Waals surface area contributed by atoms with Gasteiger partial charge in [0, 0.05) is 6.20 Å². The molecule has 5 nitrogen and oxygen atoms in total. The molecule has 0 aliphatic heterocycles. The van der Waals surface area contributed by atoms with E-state index in [0.29, 0.717) is 12.3 Å². The number of ether oxygens (including phenoxy) is 1. The quantitative estimate of drug-likeness (QED) is 0.673. The highest BCUT2D eigenvalue weighted by Gasteiger charge is 2.31. The van der Waals surface area contributed by atoms with Gasteiger partial charge in [-0.05, 0) is 30.3 Å². The Bertz CT molecular complexity index is 915. The Morgan fingerprint density at radius 1 is 1.12 bits per heavy atom. The van der Waals surface area contributed by atoms with Gasteiger partial charge in [-0.25, -0.2) is 18.2 Å². The van der Waals surface area contributed by atoms with Crippen molar-refractivity contribution in [1.29, 1.82) is 0 Å². The minimum Gasteiger partial charge on any atom is -0.461 e. The van der Waals surface area contributed by atoms with Crippen LogP contribution in [0.2, 0.25) is 10.0 Å². The standard InChI is InChI=1S/C15H10Cl2F3NO4S/c16-11-3-1-9(7-12(11)17)14(22)25-5-6-26(23,24)13-4-2-10(8-21-13)15(18,19)20/h1-4,7-8H,5-6H2. The second-order valence-corrected chi connectivity index (χ2v) is 7.84. The molecule has 0 aliphatic rings. The van der Waals surface area contributed by atoms with Gasteiger partial charge in [0.25, 0.3) is 0 Å². The Kier molecular flexibility index (Phi) is 6.15. The lowest BCUT2D eigenvalue weighted by molar-refractivity contribution is -0.137. The van der Waals surface area contributed by atoms with Gasteiger partial charge in [0.1, 0.15) is 6.61 Å². The van der Waals surface area contributed by atoms with E-state index in [-0.39, 0.29) is 15.6 Å². The zero-order chi connectivity index (χ0) is 19.5. The minimum atomic E-state index is -4.62. The van der Waals surface area contributed by atoms with E-state index >= 15 is 0 Å². The van der Waals surface area contributed by atoms with E-state index in [1.807, 2.05) is 0 Å². The largest absolute Gasteiger partial charge is 0.461 e. The monoisotopic (exact) mass is 427 g/mol. The fourth-order valence-electron chi connectivity index (χ4n) is 1.79. The van der Waals surface area contributed by atoms with Gasteiger partial charge < -0.3 is 4.74 Å². The summed E-state index contributed by atoms with van der Waals surface area (Å²) in [5, 5.41) is -0.182. The summed E-state index contributed by atoms with van der Waals surface area (Å²) in [6, 6.07) is 5.35. The van der Waals surface area contributed by atoms with Gasteiger partial charge in [0.15, 0.2) is 14.9 Å². The highest BCUT2D eigenvalue weighted by molar-refractivity contribution is 7.91. The molecule has 1 aromatic heterocycles. The molecule has 0 bridgehead atoms. The van der Waals surface area contributed by atoms with Crippen molar-refractivity contribution in [2.45, 2.75) is 11.2 Å². The van der Waals surface area contributed by atoms with Crippen LogP contribution in [-0.2, 0) is 20.8 Å². The summed E-state index contributed by atoms with van der Waals surface area (Å²) < 4.78 is 66.3. The Morgan fingerprint density at radius 2 is 1.81 bits per heavy atom. The summed E-state index contributed by atoms with van der Waals surface area (Å²) in [5.41, 5.74) is -0.994. The fourth-order valence-corrected chi connectivity index (χ4v) is 3.09. The van der Waals surface area contributed by atoms with Gasteiger partial charge in [0.2, 0.25) is 0 Å². The zero-order valence-electron chi connectivity index (χ0n) is 12.8. The first-order chi connectivity index (χ1) is 12.0. The van der Waals surface area contributed by atoms with Gasteiger partial charge in [0.05, 0.1) is 26.9 Å². The molecule has 0 saturated heterocycles. The Labute approximate surface area is 156 Å². The molecule has 0 amide bonds. The van der Waals surface area contributed by atoms with Crippen LogP contribution >= 0.6 is 23.2 Å². The number of hydrogen-bond donors (Lipinski definition) is 0. The van der Waals surface area contributed by atoms with Crippen molar-refractivity contribution in [3.05, 3.63) is 57.7 Å². The number of sulfone groups is 1. The fraction of sp³-hybridized carbons (Fsp3) is 0.200. The molecule has 0 unspecified atom stereocenters. The van der Waals surface area contributed by atoms with Crippen LogP contribution in [0, 0.1) is 0 Å². The third kappa shape index (κ3) is 5.09. The molecule has 0 atom stereocenters. The normalized spacial score (nSPS) is 12.0. The van der Waals surface area contributed by atoms with Crippen LogP contribution in [0.25, 0.3) is 0 Å². The average molecular weight is 428 g/mol. The van der Waals surface area contributed by atoms with E-state index in [2.05, 4.69) is 4.98 Å². The summed E-state index contributed by atoms with van der Waals surface area (Å²) in [6.45, 7) is -0.510. The maximum Gasteiger partial charge on any atom is 0.417 e. The first-order valence-corrected chi connectivity index (χ1v) is 9.30. The lowest BCUT2D eigenvalue weighted by atomic mass is 10.2. The Morgan fingerprint density at radius 3 is 2.35 bits per heavy atom. The molecule has 0 saturated carbocycles. The number of rotatable bonds is 5. The first kappa shape index (κ1) is 20.5. The van der Waals surface area contributed by atoms with E-state index in [1.165, 1.54) is 18.2 Å². The van der Waals surface area contributed by atoms with E-state index in [0.717, 1.165) is 6.07 Å². The number of esters is 1. The highest BCUT2D eigenvalue weighted by atomic mass is 35.5. The molecule has 0 aliphatic carbocycles. The van der Waals surface area contributed by atoms with Crippen molar-refractivity contribution in [2.75, 3.05) is 12.4 Å². The van der Waals surface area contributed by atoms with Crippen molar-refractivity contribution in [2.24, 2.45) is 0 Å². The molecule has 11 heteroatoms. The number of carbonyl (C=O) groups is 1. The summed E-state index contributed by atoms with van der Waals surface area (Å²) in [5.74, 6) is -1.46. The third-order valence-electron chi connectivity index (χ3n) is 3.12. The van der Waals surface area contributed by atoms with Gasteiger partial charge in [-0.2, -0.15) is 13.2 Å². The lowest BCUT2D eigenvalue weighted by Crippen LogP contribution is -2.17. The van der Waals surface area contributed by atoms with Crippen LogP contribution in [0.3, 0.4) is 0 Å². The number of alkyl halides is 3. The van der Waals surface area contributed by atoms with Crippen molar-refractivity contribution in [3.8, 4) is 0 Å². The topological polar surface area (TPSA) is 73.3 Å². The average Bonchev–Trinajstić information content (AvgIpc) is 2.56. The number of nitrogens with zero attached hydrogens (tertiary/aromatic N) is 1. The zero-order valence-corrected chi connectivity index (χ0v) is 15.1. The van der Waals surface area contributed by atoms with Crippen LogP contribution in [0.5, 0.6) is 0 Å². The van der Waals surface area contributed by atoms with E-state index in [4.69, 9.17) is 27.9 Å². The number of halogens is 5. The SMILES string of the molecule is O=C(OCCS(=O)(=O)c1ccc(C(F)(F)F)cn1)c1ccc(Cl)c(Cl)c1. The highest BCUT2D eigenvalue weighted by Crippen LogP contribution is 2.29. The molecule has 0 N–H and O–H groups in total. The van der Waals surface area contributed by atoms with Crippen molar-refractivity contribution < 1.29 is 31.1 Å². The molecule has 1 heterocycles.